The van der Waals surface area contributed by atoms with Gasteiger partial charge < -0.3 is 15.0 Å². The highest BCUT2D eigenvalue weighted by Gasteiger charge is 2.33. The highest BCUT2D eigenvalue weighted by Crippen LogP contribution is 2.24. The van der Waals surface area contributed by atoms with Crippen LogP contribution in [0.2, 0.25) is 0 Å². The predicted molar refractivity (Wildman–Crippen MR) is 87.5 cm³/mol. The summed E-state index contributed by atoms with van der Waals surface area (Å²) in [4.78, 5) is 14.2. The fourth-order valence-electron chi connectivity index (χ4n) is 3.04. The minimum absolute atomic E-state index is 0.153. The van der Waals surface area contributed by atoms with E-state index >= 15 is 0 Å². The van der Waals surface area contributed by atoms with Crippen molar-refractivity contribution < 1.29 is 9.53 Å². The zero-order chi connectivity index (χ0) is 16.0. The molecule has 4 heteroatoms. The number of carbonyl (C=O) groups excluding carboxylic acids is 1. The molecule has 4 nitrogen and oxygen atoms in total. The van der Waals surface area contributed by atoms with Crippen LogP contribution in [0.4, 0.5) is 4.79 Å². The van der Waals surface area contributed by atoms with Crippen LogP contribution in [0.5, 0.6) is 0 Å². The van der Waals surface area contributed by atoms with Crippen LogP contribution in [0.25, 0.3) is 0 Å². The van der Waals surface area contributed by atoms with Gasteiger partial charge in [-0.2, -0.15) is 0 Å². The number of carbonyl (C=O) groups is 1. The first-order chi connectivity index (χ1) is 9.76. The molecule has 1 saturated heterocycles. The third-order valence-corrected chi connectivity index (χ3v) is 4.14. The molecule has 0 aromatic rings. The molecule has 0 aliphatic carbocycles. The highest BCUT2D eigenvalue weighted by atomic mass is 16.6. The van der Waals surface area contributed by atoms with Gasteiger partial charge in [0.25, 0.3) is 0 Å². The maximum absolute atomic E-state index is 12.3. The standard InChI is InChI=1S/C17H34N2O2/c1-7-14(8-2)18-13(3)12-15-10-9-11-19(15)16(20)21-17(4,5)6/h13-15,18H,7-12H2,1-6H3. The molecule has 0 saturated carbocycles. The van der Waals surface area contributed by atoms with Crippen LogP contribution in [-0.2, 0) is 4.74 Å². The van der Waals surface area contributed by atoms with Gasteiger partial charge in [-0.05, 0) is 59.8 Å². The lowest BCUT2D eigenvalue weighted by atomic mass is 10.0. The second-order valence-electron chi connectivity index (χ2n) is 7.29. The second kappa shape index (κ2) is 8.02. The molecule has 1 heterocycles. The Kier molecular flexibility index (Phi) is 6.98. The van der Waals surface area contributed by atoms with Crippen molar-refractivity contribution in [3.63, 3.8) is 0 Å². The molecule has 1 N–H and O–H groups in total. The summed E-state index contributed by atoms with van der Waals surface area (Å²) < 4.78 is 5.52. The van der Waals surface area contributed by atoms with Gasteiger partial charge in [0.2, 0.25) is 0 Å². The van der Waals surface area contributed by atoms with Crippen molar-refractivity contribution in [1.29, 1.82) is 0 Å². The third-order valence-electron chi connectivity index (χ3n) is 4.14. The Labute approximate surface area is 130 Å². The van der Waals surface area contributed by atoms with Gasteiger partial charge in [-0.15, -0.1) is 0 Å². The maximum atomic E-state index is 12.3. The number of likely N-dealkylation sites (tertiary alicyclic amines) is 1. The number of amides is 1. The van der Waals surface area contributed by atoms with Gasteiger partial charge in [-0.25, -0.2) is 4.79 Å². The number of hydrogen-bond donors (Lipinski definition) is 1. The molecule has 1 aliphatic rings. The molecule has 0 radical (unpaired) electrons. The normalized spacial score (nSPS) is 20.9. The van der Waals surface area contributed by atoms with Crippen molar-refractivity contribution >= 4 is 6.09 Å². The monoisotopic (exact) mass is 298 g/mol. The number of rotatable bonds is 6. The Balaban J connectivity index is 2.51. The Morgan fingerprint density at radius 2 is 1.95 bits per heavy atom. The predicted octanol–water partition coefficient (Wildman–Crippen LogP) is 3.94. The van der Waals surface area contributed by atoms with Crippen LogP contribution in [0.3, 0.4) is 0 Å². The van der Waals surface area contributed by atoms with Crippen molar-refractivity contribution in [3.8, 4) is 0 Å². The Morgan fingerprint density at radius 1 is 1.33 bits per heavy atom. The largest absolute Gasteiger partial charge is 0.444 e. The molecule has 2 atom stereocenters. The van der Waals surface area contributed by atoms with Crippen LogP contribution < -0.4 is 5.32 Å². The van der Waals surface area contributed by atoms with E-state index in [1.807, 2.05) is 25.7 Å². The summed E-state index contributed by atoms with van der Waals surface area (Å²) in [6.07, 6.45) is 5.34. The quantitative estimate of drug-likeness (QED) is 0.807. The fraction of sp³-hybridized carbons (Fsp3) is 0.941. The van der Waals surface area contributed by atoms with Gasteiger partial charge in [0.1, 0.15) is 5.60 Å². The van der Waals surface area contributed by atoms with E-state index < -0.39 is 5.60 Å². The van der Waals surface area contributed by atoms with Crippen LogP contribution in [0.1, 0.15) is 73.6 Å². The maximum Gasteiger partial charge on any atom is 0.410 e. The molecule has 0 bridgehead atoms. The second-order valence-corrected chi connectivity index (χ2v) is 7.29. The molecule has 2 unspecified atom stereocenters. The molecule has 0 aromatic heterocycles. The van der Waals surface area contributed by atoms with Gasteiger partial charge in [-0.3, -0.25) is 0 Å². The number of ether oxygens (including phenoxy) is 1. The summed E-state index contributed by atoms with van der Waals surface area (Å²) in [6.45, 7) is 13.3. The zero-order valence-corrected chi connectivity index (χ0v) is 14.7. The summed E-state index contributed by atoms with van der Waals surface area (Å²) in [5, 5.41) is 3.67. The average Bonchev–Trinajstić information content (AvgIpc) is 2.82. The van der Waals surface area contributed by atoms with Crippen molar-refractivity contribution in [2.75, 3.05) is 6.54 Å². The van der Waals surface area contributed by atoms with Crippen LogP contribution in [-0.4, -0.2) is 41.3 Å². The molecule has 0 aromatic carbocycles. The summed E-state index contributed by atoms with van der Waals surface area (Å²) in [5.41, 5.74) is -0.413. The van der Waals surface area contributed by atoms with Gasteiger partial charge >= 0.3 is 6.09 Å². The molecule has 21 heavy (non-hydrogen) atoms. The molecular weight excluding hydrogens is 264 g/mol. The first kappa shape index (κ1) is 18.3. The summed E-state index contributed by atoms with van der Waals surface area (Å²) >= 11 is 0. The molecule has 124 valence electrons. The summed E-state index contributed by atoms with van der Waals surface area (Å²) in [5.74, 6) is 0. The van der Waals surface area contributed by atoms with E-state index in [0.717, 1.165) is 38.6 Å². The van der Waals surface area contributed by atoms with E-state index in [1.165, 1.54) is 0 Å². The van der Waals surface area contributed by atoms with Crippen LogP contribution in [0.15, 0.2) is 0 Å². The van der Waals surface area contributed by atoms with Crippen LogP contribution >= 0.6 is 0 Å². The van der Waals surface area contributed by atoms with E-state index in [2.05, 4.69) is 26.1 Å². The van der Waals surface area contributed by atoms with Crippen LogP contribution in [0, 0.1) is 0 Å². The smallest absolute Gasteiger partial charge is 0.410 e. The van der Waals surface area contributed by atoms with Gasteiger partial charge in [0, 0.05) is 24.7 Å². The minimum atomic E-state index is -0.413. The lowest BCUT2D eigenvalue weighted by Gasteiger charge is -2.31. The SMILES string of the molecule is CCC(CC)NC(C)CC1CCCN1C(=O)OC(C)(C)C. The molecular formula is C17H34N2O2. The average molecular weight is 298 g/mol. The van der Waals surface area contributed by atoms with E-state index in [9.17, 15) is 4.79 Å². The van der Waals surface area contributed by atoms with Crippen molar-refractivity contribution in [2.45, 2.75) is 97.4 Å². The first-order valence-corrected chi connectivity index (χ1v) is 8.52. The van der Waals surface area contributed by atoms with Gasteiger partial charge in [-0.1, -0.05) is 13.8 Å². The molecule has 1 fully saturated rings. The van der Waals surface area contributed by atoms with E-state index in [0.29, 0.717) is 18.1 Å². The van der Waals surface area contributed by atoms with E-state index in [4.69, 9.17) is 4.74 Å². The van der Waals surface area contributed by atoms with Crippen molar-refractivity contribution in [1.82, 2.24) is 10.2 Å². The van der Waals surface area contributed by atoms with Gasteiger partial charge in [0.15, 0.2) is 0 Å². The molecule has 1 amide bonds. The summed E-state index contributed by atoms with van der Waals surface area (Å²) in [6, 6.07) is 1.33. The minimum Gasteiger partial charge on any atom is -0.444 e. The first-order valence-electron chi connectivity index (χ1n) is 8.52. The van der Waals surface area contributed by atoms with Crippen molar-refractivity contribution in [3.05, 3.63) is 0 Å². The highest BCUT2D eigenvalue weighted by molar-refractivity contribution is 5.68. The number of nitrogens with one attached hydrogen (secondary N) is 1. The molecule has 1 aliphatic heterocycles. The number of nitrogens with zero attached hydrogens (tertiary/aromatic N) is 1. The molecule has 1 rings (SSSR count). The Hall–Kier alpha value is -0.770. The lowest BCUT2D eigenvalue weighted by molar-refractivity contribution is 0.0214. The Morgan fingerprint density at radius 3 is 2.48 bits per heavy atom. The summed E-state index contributed by atoms with van der Waals surface area (Å²) in [7, 11) is 0. The fourth-order valence-corrected chi connectivity index (χ4v) is 3.04. The van der Waals surface area contributed by atoms with E-state index in [-0.39, 0.29) is 6.09 Å². The lowest BCUT2D eigenvalue weighted by Crippen LogP contribution is -2.44. The van der Waals surface area contributed by atoms with Gasteiger partial charge in [0.05, 0.1) is 0 Å². The van der Waals surface area contributed by atoms with E-state index in [1.54, 1.807) is 0 Å². The number of hydrogen-bond acceptors (Lipinski definition) is 3. The van der Waals surface area contributed by atoms with Crippen molar-refractivity contribution in [2.24, 2.45) is 0 Å². The third kappa shape index (κ3) is 6.25. The zero-order valence-electron chi connectivity index (χ0n) is 14.7. The Bertz CT molecular complexity index is 321. The molecule has 0 spiro atoms. The topological polar surface area (TPSA) is 41.6 Å².